The number of para-hydroxylation sites is 1. The Morgan fingerprint density at radius 1 is 0.914 bits per heavy atom. The van der Waals surface area contributed by atoms with Crippen LogP contribution in [0.5, 0.6) is 0 Å². The van der Waals surface area contributed by atoms with E-state index in [1.54, 1.807) is 24.3 Å². The van der Waals surface area contributed by atoms with E-state index in [0.29, 0.717) is 10.6 Å². The summed E-state index contributed by atoms with van der Waals surface area (Å²) in [7, 11) is 0. The molecule has 3 rings (SSSR count). The molecule has 3 aromatic carbocycles. The quantitative estimate of drug-likeness (QED) is 0.223. The van der Waals surface area contributed by atoms with Gasteiger partial charge in [-0.3, -0.25) is 10.1 Å². The lowest BCUT2D eigenvalue weighted by molar-refractivity contribution is -0.384. The van der Waals surface area contributed by atoms with E-state index in [1.165, 1.54) is 23.9 Å². The lowest BCUT2D eigenvalue weighted by atomic mass is 9.93. The van der Waals surface area contributed by atoms with E-state index in [0.717, 1.165) is 27.8 Å². The van der Waals surface area contributed by atoms with Crippen molar-refractivity contribution in [3.63, 3.8) is 0 Å². The van der Waals surface area contributed by atoms with Crippen molar-refractivity contribution in [2.24, 2.45) is 0 Å². The Kier molecular flexibility index (Phi) is 8.14. The third-order valence-electron chi connectivity index (χ3n) is 5.36. The van der Waals surface area contributed by atoms with Crippen molar-refractivity contribution in [2.45, 2.75) is 49.3 Å². The molecule has 0 atom stereocenters. The number of nitrogens with one attached hydrogen (secondary N) is 2. The van der Waals surface area contributed by atoms with Gasteiger partial charge in [0.1, 0.15) is 0 Å². The maximum Gasteiger partial charge on any atom is 0.337 e. The molecule has 0 radical (unpaired) electrons. The first-order valence-electron chi connectivity index (χ1n) is 11.1. The van der Waals surface area contributed by atoms with E-state index < -0.39 is 10.9 Å². The first-order chi connectivity index (χ1) is 16.6. The molecule has 0 spiro atoms. The summed E-state index contributed by atoms with van der Waals surface area (Å²) in [4.78, 5) is 35.8. The average Bonchev–Trinajstić information content (AvgIpc) is 2.80. The third-order valence-corrected chi connectivity index (χ3v) is 6.44. The van der Waals surface area contributed by atoms with Crippen LogP contribution in [0.15, 0.2) is 70.5 Å². The van der Waals surface area contributed by atoms with Crippen molar-refractivity contribution in [1.82, 2.24) is 0 Å². The fraction of sp³-hybridized carbons (Fsp3) is 0.231. The number of nitro groups is 1. The highest BCUT2D eigenvalue weighted by molar-refractivity contribution is 7.99. The maximum atomic E-state index is 12.8. The second-order valence-electron chi connectivity index (χ2n) is 8.57. The number of anilines is 2. The predicted molar refractivity (Wildman–Crippen MR) is 138 cm³/mol. The van der Waals surface area contributed by atoms with E-state index in [4.69, 9.17) is 0 Å². The smallest absolute Gasteiger partial charge is 0.337 e. The first-order valence-corrected chi connectivity index (χ1v) is 11.9. The largest absolute Gasteiger partial charge is 0.478 e. The number of amides is 2. The van der Waals surface area contributed by atoms with Crippen molar-refractivity contribution in [3.8, 4) is 0 Å². The Hall–Kier alpha value is -3.85. The molecule has 0 heterocycles. The lowest BCUT2D eigenvalue weighted by Crippen LogP contribution is -2.21. The van der Waals surface area contributed by atoms with Gasteiger partial charge in [-0.2, -0.15) is 0 Å². The van der Waals surface area contributed by atoms with Crippen LogP contribution in [0.4, 0.5) is 21.9 Å². The van der Waals surface area contributed by atoms with Crippen LogP contribution >= 0.6 is 11.8 Å². The van der Waals surface area contributed by atoms with Crippen molar-refractivity contribution < 1.29 is 19.6 Å². The highest BCUT2D eigenvalue weighted by Crippen LogP contribution is 2.34. The van der Waals surface area contributed by atoms with Gasteiger partial charge in [0, 0.05) is 33.3 Å². The number of hydrogen-bond acceptors (Lipinski definition) is 5. The number of carbonyl (C=O) groups excluding carboxylic acids is 1. The van der Waals surface area contributed by atoms with E-state index in [2.05, 4.69) is 38.3 Å². The van der Waals surface area contributed by atoms with E-state index >= 15 is 0 Å². The summed E-state index contributed by atoms with van der Waals surface area (Å²) in [6, 6.07) is 16.3. The number of nitro benzene ring substituents is 1. The summed E-state index contributed by atoms with van der Waals surface area (Å²) in [5.74, 6) is -0.751. The van der Waals surface area contributed by atoms with Crippen LogP contribution in [0.1, 0.15) is 61.0 Å². The first kappa shape index (κ1) is 25.8. The number of nitrogens with zero attached hydrogens (tertiary/aromatic N) is 1. The molecule has 0 unspecified atom stereocenters. The van der Waals surface area contributed by atoms with Crippen LogP contribution in [-0.4, -0.2) is 22.0 Å². The summed E-state index contributed by atoms with van der Waals surface area (Å²) in [6.45, 7) is 8.33. The van der Waals surface area contributed by atoms with Gasteiger partial charge >= 0.3 is 12.0 Å². The molecule has 0 bridgehead atoms. The molecular weight excluding hydrogens is 466 g/mol. The average molecular weight is 494 g/mol. The summed E-state index contributed by atoms with van der Waals surface area (Å²) in [5, 5.41) is 26.2. The third kappa shape index (κ3) is 6.39. The number of non-ortho nitro benzene ring substituents is 1. The molecule has 0 saturated carbocycles. The van der Waals surface area contributed by atoms with Crippen LogP contribution in [0.25, 0.3) is 0 Å². The van der Waals surface area contributed by atoms with Gasteiger partial charge in [0.2, 0.25) is 0 Å². The molecule has 0 fully saturated rings. The zero-order valence-corrected chi connectivity index (χ0v) is 20.7. The van der Waals surface area contributed by atoms with E-state index in [9.17, 15) is 24.8 Å². The highest BCUT2D eigenvalue weighted by Gasteiger charge is 2.18. The predicted octanol–water partition coefficient (Wildman–Crippen LogP) is 7.34. The van der Waals surface area contributed by atoms with Crippen molar-refractivity contribution >= 4 is 40.8 Å². The molecule has 35 heavy (non-hydrogen) atoms. The molecule has 0 aliphatic rings. The van der Waals surface area contributed by atoms with Crippen LogP contribution in [0.3, 0.4) is 0 Å². The van der Waals surface area contributed by atoms with Gasteiger partial charge in [-0.25, -0.2) is 9.59 Å². The monoisotopic (exact) mass is 493 g/mol. The minimum absolute atomic E-state index is 0.143. The van der Waals surface area contributed by atoms with Gasteiger partial charge < -0.3 is 15.7 Å². The van der Waals surface area contributed by atoms with Crippen LogP contribution < -0.4 is 10.6 Å². The second kappa shape index (κ2) is 11.1. The van der Waals surface area contributed by atoms with Crippen LogP contribution in [-0.2, 0) is 0 Å². The molecular formula is C26H27N3O5S. The van der Waals surface area contributed by atoms with Gasteiger partial charge in [-0.1, -0.05) is 57.7 Å². The van der Waals surface area contributed by atoms with Crippen LogP contribution in [0.2, 0.25) is 0 Å². The molecule has 0 aromatic heterocycles. The van der Waals surface area contributed by atoms with E-state index in [-0.39, 0.29) is 29.1 Å². The Morgan fingerprint density at radius 3 is 2.03 bits per heavy atom. The summed E-state index contributed by atoms with van der Waals surface area (Å²) in [6.07, 6.45) is 0. The summed E-state index contributed by atoms with van der Waals surface area (Å²) < 4.78 is 0. The minimum Gasteiger partial charge on any atom is -0.478 e. The molecule has 0 aliphatic heterocycles. The molecule has 8 nitrogen and oxygen atoms in total. The van der Waals surface area contributed by atoms with Gasteiger partial charge in [-0.15, -0.1) is 0 Å². The molecule has 0 aliphatic carbocycles. The minimum atomic E-state index is -1.24. The van der Waals surface area contributed by atoms with Crippen molar-refractivity contribution in [3.05, 3.63) is 87.5 Å². The van der Waals surface area contributed by atoms with Crippen molar-refractivity contribution in [1.29, 1.82) is 0 Å². The van der Waals surface area contributed by atoms with Gasteiger partial charge in [0.05, 0.1) is 10.5 Å². The number of rotatable bonds is 8. The van der Waals surface area contributed by atoms with Gasteiger partial charge in [-0.05, 0) is 53.3 Å². The lowest BCUT2D eigenvalue weighted by Gasteiger charge is -2.20. The fourth-order valence-corrected chi connectivity index (χ4v) is 4.51. The van der Waals surface area contributed by atoms with E-state index in [1.807, 2.05) is 18.2 Å². The number of aromatic carboxylic acids is 1. The number of carboxylic acid groups (broad SMARTS) is 1. The normalized spacial score (nSPS) is 10.9. The summed E-state index contributed by atoms with van der Waals surface area (Å²) in [5.41, 5.74) is 3.10. The summed E-state index contributed by atoms with van der Waals surface area (Å²) >= 11 is 1.17. The Morgan fingerprint density at radius 2 is 1.51 bits per heavy atom. The number of benzene rings is 3. The van der Waals surface area contributed by atoms with Gasteiger partial charge in [0.15, 0.2) is 0 Å². The number of hydrogen-bond donors (Lipinski definition) is 3. The zero-order chi connectivity index (χ0) is 25.7. The number of carboxylic acids is 1. The molecule has 9 heteroatoms. The molecule has 0 saturated heterocycles. The fourth-order valence-electron chi connectivity index (χ4n) is 3.59. The highest BCUT2D eigenvalue weighted by atomic mass is 32.2. The number of urea groups is 1. The number of carbonyl (C=O) groups is 2. The molecule has 182 valence electrons. The Labute approximate surface area is 207 Å². The van der Waals surface area contributed by atoms with Crippen LogP contribution in [0, 0.1) is 10.1 Å². The van der Waals surface area contributed by atoms with Gasteiger partial charge in [0.25, 0.3) is 5.69 Å². The zero-order valence-electron chi connectivity index (χ0n) is 19.9. The molecule has 2 amide bonds. The molecule has 3 aromatic rings. The van der Waals surface area contributed by atoms with Crippen molar-refractivity contribution in [2.75, 3.05) is 10.6 Å². The molecule has 3 N–H and O–H groups in total. The topological polar surface area (TPSA) is 122 Å². The second-order valence-corrected chi connectivity index (χ2v) is 9.68. The SMILES string of the molecule is CC(C)c1cccc(C(C)C)c1NC(=O)Nc1ccc(Sc2ccc([N+](=O)[O-])cc2C(=O)O)cc1. The maximum absolute atomic E-state index is 12.8. The standard InChI is InChI=1S/C26H27N3O5S/c1-15(2)20-6-5-7-21(16(3)4)24(20)28-26(32)27-17-8-11-19(12-9-17)35-23-13-10-18(29(33)34)14-22(23)25(30)31/h5-16H,1-4H3,(H,30,31)(H2,27,28,32). The Bertz CT molecular complexity index is 1230. The Balaban J connectivity index is 1.74.